The number of aliphatic hydroxyl groups is 1. The summed E-state index contributed by atoms with van der Waals surface area (Å²) < 4.78 is 0. The van der Waals surface area contributed by atoms with Crippen LogP contribution in [-0.2, 0) is 4.79 Å². The number of hydrogen-bond acceptors (Lipinski definition) is 3. The maximum Gasteiger partial charge on any atom is 0.223 e. The average Bonchev–Trinajstić information content (AvgIpc) is 2.40. The van der Waals surface area contributed by atoms with Crippen molar-refractivity contribution in [1.82, 2.24) is 4.90 Å². The van der Waals surface area contributed by atoms with Crippen molar-refractivity contribution in [2.75, 3.05) is 25.4 Å². The van der Waals surface area contributed by atoms with Gasteiger partial charge >= 0.3 is 0 Å². The molecule has 1 N–H and O–H groups in total. The molecule has 104 valence electrons. The lowest BCUT2D eigenvalue weighted by atomic mass is 10.2. The smallest absolute Gasteiger partial charge is 0.223 e. The molecule has 0 aliphatic carbocycles. The van der Waals surface area contributed by atoms with E-state index in [0.29, 0.717) is 19.5 Å². The molecule has 0 aliphatic heterocycles. The van der Waals surface area contributed by atoms with Crippen LogP contribution in [-0.4, -0.2) is 41.4 Å². The molecule has 0 atom stereocenters. The Morgan fingerprint density at radius 1 is 1.42 bits per heavy atom. The highest BCUT2D eigenvalue weighted by Gasteiger charge is 2.10. The van der Waals surface area contributed by atoms with Crippen LogP contribution in [0, 0.1) is 6.92 Å². The summed E-state index contributed by atoms with van der Waals surface area (Å²) in [6.45, 7) is 6.54. The standard InChI is InChI=1S/C15H21NO2S/c1-3-9-16(10-11-17)15(18)8-12-19-14-6-4-13(2)5-7-14/h3-7,17H,1,8-12H2,2H3. The van der Waals surface area contributed by atoms with Gasteiger partial charge in [0.05, 0.1) is 6.61 Å². The third kappa shape index (κ3) is 5.94. The molecule has 0 saturated carbocycles. The van der Waals surface area contributed by atoms with Gasteiger partial charge in [0.1, 0.15) is 0 Å². The van der Waals surface area contributed by atoms with E-state index in [-0.39, 0.29) is 12.5 Å². The van der Waals surface area contributed by atoms with E-state index in [1.54, 1.807) is 22.7 Å². The zero-order chi connectivity index (χ0) is 14.1. The van der Waals surface area contributed by atoms with Gasteiger partial charge in [0.2, 0.25) is 5.91 Å². The van der Waals surface area contributed by atoms with E-state index in [1.165, 1.54) is 10.5 Å². The van der Waals surface area contributed by atoms with Gasteiger partial charge in [-0.05, 0) is 19.1 Å². The predicted octanol–water partition coefficient (Wildman–Crippen LogP) is 2.48. The van der Waals surface area contributed by atoms with Crippen molar-refractivity contribution in [2.45, 2.75) is 18.2 Å². The van der Waals surface area contributed by atoms with Gasteiger partial charge in [0.25, 0.3) is 0 Å². The molecule has 0 aliphatic rings. The molecule has 0 spiro atoms. The first-order chi connectivity index (χ1) is 9.17. The van der Waals surface area contributed by atoms with Crippen LogP contribution in [0.25, 0.3) is 0 Å². The van der Waals surface area contributed by atoms with Crippen LogP contribution in [0.5, 0.6) is 0 Å². The Bertz CT molecular complexity index is 403. The van der Waals surface area contributed by atoms with Gasteiger partial charge in [0, 0.05) is 30.2 Å². The molecule has 1 amide bonds. The Morgan fingerprint density at radius 3 is 2.68 bits per heavy atom. The van der Waals surface area contributed by atoms with E-state index in [0.717, 1.165) is 5.75 Å². The molecule has 4 heteroatoms. The molecular weight excluding hydrogens is 258 g/mol. The highest BCUT2D eigenvalue weighted by atomic mass is 32.2. The van der Waals surface area contributed by atoms with Gasteiger partial charge in [-0.3, -0.25) is 4.79 Å². The third-order valence-electron chi connectivity index (χ3n) is 2.68. The fourth-order valence-electron chi connectivity index (χ4n) is 1.64. The van der Waals surface area contributed by atoms with Crippen molar-refractivity contribution >= 4 is 17.7 Å². The van der Waals surface area contributed by atoms with E-state index in [9.17, 15) is 4.79 Å². The van der Waals surface area contributed by atoms with E-state index in [2.05, 4.69) is 37.8 Å². The van der Waals surface area contributed by atoms with E-state index < -0.39 is 0 Å². The molecule has 0 radical (unpaired) electrons. The predicted molar refractivity (Wildman–Crippen MR) is 80.4 cm³/mol. The first-order valence-electron chi connectivity index (χ1n) is 6.36. The fraction of sp³-hybridized carbons (Fsp3) is 0.400. The summed E-state index contributed by atoms with van der Waals surface area (Å²) in [5, 5.41) is 8.91. The van der Waals surface area contributed by atoms with Crippen LogP contribution in [0.4, 0.5) is 0 Å². The summed E-state index contributed by atoms with van der Waals surface area (Å²) in [6, 6.07) is 8.28. The van der Waals surface area contributed by atoms with Crippen LogP contribution in [0.1, 0.15) is 12.0 Å². The minimum absolute atomic E-state index is 0.00924. The number of benzene rings is 1. The summed E-state index contributed by atoms with van der Waals surface area (Å²) >= 11 is 1.68. The molecule has 0 heterocycles. The van der Waals surface area contributed by atoms with Gasteiger partial charge in [0.15, 0.2) is 0 Å². The second kappa shape index (κ2) is 8.77. The summed E-state index contributed by atoms with van der Waals surface area (Å²) in [7, 11) is 0. The summed E-state index contributed by atoms with van der Waals surface area (Å²) in [5.41, 5.74) is 1.24. The second-order valence-corrected chi connectivity index (χ2v) is 5.43. The van der Waals surface area contributed by atoms with Crippen molar-refractivity contribution in [2.24, 2.45) is 0 Å². The van der Waals surface area contributed by atoms with Crippen LogP contribution in [0.15, 0.2) is 41.8 Å². The van der Waals surface area contributed by atoms with Crippen LogP contribution in [0.2, 0.25) is 0 Å². The summed E-state index contributed by atoms with van der Waals surface area (Å²) in [6.07, 6.45) is 2.16. The quantitative estimate of drug-likeness (QED) is 0.587. The lowest BCUT2D eigenvalue weighted by molar-refractivity contribution is -0.130. The fourth-order valence-corrected chi connectivity index (χ4v) is 2.48. The van der Waals surface area contributed by atoms with Crippen LogP contribution >= 0.6 is 11.8 Å². The Morgan fingerprint density at radius 2 is 2.11 bits per heavy atom. The molecule has 0 unspecified atom stereocenters. The monoisotopic (exact) mass is 279 g/mol. The number of hydrogen-bond donors (Lipinski definition) is 1. The largest absolute Gasteiger partial charge is 0.395 e. The van der Waals surface area contributed by atoms with Crippen LogP contribution < -0.4 is 0 Å². The number of nitrogens with zero attached hydrogens (tertiary/aromatic N) is 1. The zero-order valence-electron chi connectivity index (χ0n) is 11.3. The number of thioether (sulfide) groups is 1. The van der Waals surface area contributed by atoms with Gasteiger partial charge in [-0.15, -0.1) is 18.3 Å². The summed E-state index contributed by atoms with van der Waals surface area (Å²) in [4.78, 5) is 14.7. The molecule has 0 fully saturated rings. The normalized spacial score (nSPS) is 10.2. The first kappa shape index (κ1) is 15.8. The summed E-state index contributed by atoms with van der Waals surface area (Å²) in [5.74, 6) is 0.814. The highest BCUT2D eigenvalue weighted by molar-refractivity contribution is 7.99. The number of aryl methyl sites for hydroxylation is 1. The average molecular weight is 279 g/mol. The van der Waals surface area contributed by atoms with Crippen molar-refractivity contribution < 1.29 is 9.90 Å². The Hall–Kier alpha value is -1.26. The SMILES string of the molecule is C=CCN(CCO)C(=O)CCSc1ccc(C)cc1. The molecule has 3 nitrogen and oxygen atoms in total. The van der Waals surface area contributed by atoms with Crippen molar-refractivity contribution in [3.63, 3.8) is 0 Å². The van der Waals surface area contributed by atoms with Gasteiger partial charge in [-0.25, -0.2) is 0 Å². The molecule has 1 aromatic rings. The molecule has 0 bridgehead atoms. The van der Waals surface area contributed by atoms with Crippen molar-refractivity contribution in [3.8, 4) is 0 Å². The van der Waals surface area contributed by atoms with Gasteiger partial charge < -0.3 is 10.0 Å². The van der Waals surface area contributed by atoms with Gasteiger partial charge in [-0.1, -0.05) is 23.8 Å². The molecular formula is C15H21NO2S. The first-order valence-corrected chi connectivity index (χ1v) is 7.35. The van der Waals surface area contributed by atoms with Gasteiger partial charge in [-0.2, -0.15) is 0 Å². The lowest BCUT2D eigenvalue weighted by Crippen LogP contribution is -2.33. The molecule has 19 heavy (non-hydrogen) atoms. The van der Waals surface area contributed by atoms with Crippen molar-refractivity contribution in [1.29, 1.82) is 0 Å². The molecule has 1 rings (SSSR count). The molecule has 0 saturated heterocycles. The topological polar surface area (TPSA) is 40.5 Å². The van der Waals surface area contributed by atoms with E-state index in [1.807, 2.05) is 0 Å². The number of amides is 1. The lowest BCUT2D eigenvalue weighted by Gasteiger charge is -2.19. The Kier molecular flexibility index (Phi) is 7.30. The van der Waals surface area contributed by atoms with Crippen LogP contribution in [0.3, 0.4) is 0 Å². The number of carbonyl (C=O) groups is 1. The molecule has 0 aromatic heterocycles. The number of rotatable bonds is 8. The van der Waals surface area contributed by atoms with Crippen molar-refractivity contribution in [3.05, 3.63) is 42.5 Å². The Labute approximate surface area is 119 Å². The number of aliphatic hydroxyl groups excluding tert-OH is 1. The maximum absolute atomic E-state index is 11.9. The molecule has 1 aromatic carbocycles. The number of carbonyl (C=O) groups excluding carboxylic acids is 1. The minimum atomic E-state index is -0.00924. The minimum Gasteiger partial charge on any atom is -0.395 e. The zero-order valence-corrected chi connectivity index (χ0v) is 12.2. The highest BCUT2D eigenvalue weighted by Crippen LogP contribution is 2.19. The second-order valence-electron chi connectivity index (χ2n) is 4.26. The third-order valence-corrected chi connectivity index (χ3v) is 3.69. The van der Waals surface area contributed by atoms with E-state index >= 15 is 0 Å². The van der Waals surface area contributed by atoms with E-state index in [4.69, 9.17) is 5.11 Å². The maximum atomic E-state index is 11.9. The Balaban J connectivity index is 2.36.